The summed E-state index contributed by atoms with van der Waals surface area (Å²) >= 11 is 0. The first-order chi connectivity index (χ1) is 15.0. The van der Waals surface area contributed by atoms with Crippen LogP contribution < -0.4 is 14.9 Å². The Labute approximate surface area is 179 Å². The summed E-state index contributed by atoms with van der Waals surface area (Å²) in [5, 5.41) is 45.4. The van der Waals surface area contributed by atoms with E-state index in [2.05, 4.69) is 5.10 Å². The van der Waals surface area contributed by atoms with Crippen molar-refractivity contribution in [2.45, 2.75) is 37.1 Å². The fourth-order valence-electron chi connectivity index (χ4n) is 3.39. The number of aryl methyl sites for hydroxylation is 1. The number of aliphatic hydroxyl groups excluding tert-OH is 1. The molecule has 1 aliphatic rings. The zero-order valence-corrected chi connectivity index (χ0v) is 17.3. The molecule has 0 aliphatic heterocycles. The van der Waals surface area contributed by atoms with E-state index in [9.17, 15) is 40.2 Å². The van der Waals surface area contributed by atoms with Crippen molar-refractivity contribution in [2.24, 2.45) is 7.05 Å². The van der Waals surface area contributed by atoms with Crippen molar-refractivity contribution in [3.63, 3.8) is 0 Å². The molecule has 2 aromatic rings. The third-order valence-corrected chi connectivity index (χ3v) is 5.12. The van der Waals surface area contributed by atoms with Gasteiger partial charge in [-0.15, -0.1) is 0 Å². The summed E-state index contributed by atoms with van der Waals surface area (Å²) in [4.78, 5) is 40.5. The largest absolute Gasteiger partial charge is 0.493 e. The topological polar surface area (TPSA) is 203 Å². The average Bonchev–Trinajstić information content (AvgIpc) is 2.75. The van der Waals surface area contributed by atoms with Gasteiger partial charge in [-0.2, -0.15) is 5.10 Å². The van der Waals surface area contributed by atoms with Crippen LogP contribution in [0.5, 0.6) is 11.5 Å². The van der Waals surface area contributed by atoms with Gasteiger partial charge >= 0.3 is 0 Å². The second-order valence-corrected chi connectivity index (χ2v) is 6.96. The van der Waals surface area contributed by atoms with Crippen LogP contribution in [0, 0.1) is 30.3 Å². The van der Waals surface area contributed by atoms with Gasteiger partial charge in [-0.25, -0.2) is 0 Å². The molecule has 2 unspecified atom stereocenters. The molecule has 1 aromatic carbocycles. The summed E-state index contributed by atoms with van der Waals surface area (Å²) in [6.07, 6.45) is -1.45. The maximum absolute atomic E-state index is 11.6. The van der Waals surface area contributed by atoms with Crippen molar-refractivity contribution in [3.05, 3.63) is 58.9 Å². The fraction of sp³-hybridized carbons (Fsp3) is 0.529. The van der Waals surface area contributed by atoms with E-state index in [-0.39, 0.29) is 5.43 Å². The number of aliphatic hydroxyl groups is 1. The van der Waals surface area contributed by atoms with Crippen LogP contribution in [0.25, 0.3) is 10.9 Å². The molecule has 1 saturated carbocycles. The first-order valence-corrected chi connectivity index (χ1v) is 9.18. The van der Waals surface area contributed by atoms with Crippen LogP contribution in [0.4, 0.5) is 0 Å². The zero-order valence-electron chi connectivity index (χ0n) is 17.3. The smallest absolute Gasteiger partial charge is 0.251 e. The van der Waals surface area contributed by atoms with Crippen LogP contribution in [0.2, 0.25) is 0 Å². The van der Waals surface area contributed by atoms with Gasteiger partial charge in [0.1, 0.15) is 0 Å². The number of aromatic nitrogens is 2. The number of fused-ring (bicyclic) bond motifs is 1. The Morgan fingerprint density at radius 3 is 1.94 bits per heavy atom. The maximum atomic E-state index is 11.6. The standard InChI is InChI=1S/C11H12N2O3.C6H9N3O7/c1-13-8-5-11(16-3)10(15-2)4-7(8)9(14)6-12-13;10-6-4(8(13)14)1-3(7(11)12)2-5(6)9(15)16/h4-6H,1-3H3;3-6,10H,1-2H2. The van der Waals surface area contributed by atoms with E-state index in [1.807, 2.05) is 0 Å². The molecular weight excluding hydrogens is 434 g/mol. The normalized spacial score (nSPS) is 22.4. The van der Waals surface area contributed by atoms with E-state index >= 15 is 0 Å². The molecule has 174 valence electrons. The van der Waals surface area contributed by atoms with E-state index < -0.39 is 51.8 Å². The van der Waals surface area contributed by atoms with Gasteiger partial charge in [0.25, 0.3) is 12.1 Å². The first kappa shape index (κ1) is 24.4. The molecule has 15 nitrogen and oxygen atoms in total. The summed E-state index contributed by atoms with van der Waals surface area (Å²) in [5.74, 6) is 1.12. The van der Waals surface area contributed by atoms with Gasteiger partial charge in [0.2, 0.25) is 11.5 Å². The van der Waals surface area contributed by atoms with Crippen molar-refractivity contribution in [1.29, 1.82) is 0 Å². The molecule has 1 fully saturated rings. The molecule has 0 radical (unpaired) electrons. The molecule has 32 heavy (non-hydrogen) atoms. The molecule has 2 atom stereocenters. The van der Waals surface area contributed by atoms with Crippen LogP contribution in [-0.2, 0) is 7.05 Å². The Morgan fingerprint density at radius 1 is 1.00 bits per heavy atom. The Hall–Kier alpha value is -3.88. The maximum Gasteiger partial charge on any atom is 0.251 e. The SMILES string of the molecule is COc1cc2c(=O)cnn(C)c2cc1OC.O=[N+]([O-])C1CC([N+](=O)[O-])C(O)C([N+](=O)[O-])C1. The Bertz CT molecular complexity index is 1060. The van der Waals surface area contributed by atoms with Gasteiger partial charge in [0, 0.05) is 27.9 Å². The fourth-order valence-corrected chi connectivity index (χ4v) is 3.39. The lowest BCUT2D eigenvalue weighted by atomic mass is 9.85. The molecule has 1 aliphatic carbocycles. The Balaban J connectivity index is 0.000000227. The van der Waals surface area contributed by atoms with Crippen molar-refractivity contribution in [3.8, 4) is 11.5 Å². The molecule has 1 N–H and O–H groups in total. The monoisotopic (exact) mass is 455 g/mol. The summed E-state index contributed by atoms with van der Waals surface area (Å²) in [5.41, 5.74) is 0.583. The highest BCUT2D eigenvalue weighted by atomic mass is 16.6. The molecule has 1 aromatic heterocycles. The van der Waals surface area contributed by atoms with Gasteiger partial charge in [0.15, 0.2) is 17.6 Å². The Kier molecular flexibility index (Phi) is 7.58. The van der Waals surface area contributed by atoms with Gasteiger partial charge in [-0.05, 0) is 6.07 Å². The lowest BCUT2D eigenvalue weighted by Gasteiger charge is -2.25. The third kappa shape index (κ3) is 5.05. The molecule has 0 bridgehead atoms. The minimum absolute atomic E-state index is 0.131. The van der Waals surface area contributed by atoms with E-state index in [0.29, 0.717) is 22.4 Å². The van der Waals surface area contributed by atoms with Crippen molar-refractivity contribution < 1.29 is 29.4 Å². The minimum Gasteiger partial charge on any atom is -0.493 e. The lowest BCUT2D eigenvalue weighted by Crippen LogP contribution is -2.54. The molecule has 1 heterocycles. The van der Waals surface area contributed by atoms with E-state index in [0.717, 1.165) is 0 Å². The van der Waals surface area contributed by atoms with E-state index in [1.54, 1.807) is 31.0 Å². The van der Waals surface area contributed by atoms with Crippen molar-refractivity contribution >= 4 is 10.9 Å². The Morgan fingerprint density at radius 2 is 1.50 bits per heavy atom. The number of benzene rings is 1. The van der Waals surface area contributed by atoms with E-state index in [1.165, 1.54) is 13.3 Å². The molecule has 3 rings (SSSR count). The molecule has 0 saturated heterocycles. The van der Waals surface area contributed by atoms with Gasteiger partial charge in [-0.3, -0.25) is 39.8 Å². The van der Waals surface area contributed by atoms with Gasteiger partial charge < -0.3 is 14.6 Å². The molecule has 15 heteroatoms. The summed E-state index contributed by atoms with van der Waals surface area (Å²) < 4.78 is 11.9. The summed E-state index contributed by atoms with van der Waals surface area (Å²) in [6.45, 7) is 0. The predicted octanol–water partition coefficient (Wildman–Crippen LogP) is 0.0277. The van der Waals surface area contributed by atoms with Gasteiger partial charge in [0.05, 0.1) is 44.2 Å². The summed E-state index contributed by atoms with van der Waals surface area (Å²) in [7, 11) is 4.86. The van der Waals surface area contributed by atoms with Crippen LogP contribution in [0.1, 0.15) is 12.8 Å². The number of hydrogen-bond acceptors (Lipinski definition) is 11. The number of rotatable bonds is 5. The van der Waals surface area contributed by atoms with E-state index in [4.69, 9.17) is 9.47 Å². The summed E-state index contributed by atoms with van der Waals surface area (Å²) in [6, 6.07) is -1.26. The van der Waals surface area contributed by atoms with Crippen LogP contribution >= 0.6 is 0 Å². The zero-order chi connectivity index (χ0) is 24.2. The number of nitro groups is 3. The quantitative estimate of drug-likeness (QED) is 0.470. The second kappa shape index (κ2) is 9.95. The number of methoxy groups -OCH3 is 2. The average molecular weight is 455 g/mol. The third-order valence-electron chi connectivity index (χ3n) is 5.12. The molecular formula is C17H21N5O10. The number of hydrogen-bond donors (Lipinski definition) is 1. The highest BCUT2D eigenvalue weighted by Gasteiger charge is 2.53. The van der Waals surface area contributed by atoms with Crippen LogP contribution in [0.3, 0.4) is 0 Å². The first-order valence-electron chi connectivity index (χ1n) is 9.18. The van der Waals surface area contributed by atoms with Crippen LogP contribution in [0.15, 0.2) is 23.1 Å². The number of ether oxygens (including phenoxy) is 2. The van der Waals surface area contributed by atoms with Crippen molar-refractivity contribution in [1.82, 2.24) is 9.78 Å². The highest BCUT2D eigenvalue weighted by Crippen LogP contribution is 2.30. The number of nitrogens with zero attached hydrogens (tertiary/aromatic N) is 5. The van der Waals surface area contributed by atoms with Gasteiger partial charge in [-0.1, -0.05) is 0 Å². The lowest BCUT2D eigenvalue weighted by molar-refractivity contribution is -0.617. The predicted molar refractivity (Wildman–Crippen MR) is 108 cm³/mol. The molecule has 0 spiro atoms. The van der Waals surface area contributed by atoms with Crippen LogP contribution in [-0.4, -0.2) is 68.1 Å². The molecule has 0 amide bonds. The van der Waals surface area contributed by atoms with Crippen molar-refractivity contribution in [2.75, 3.05) is 14.2 Å². The minimum atomic E-state index is -1.78. The highest BCUT2D eigenvalue weighted by molar-refractivity contribution is 5.82. The second-order valence-electron chi connectivity index (χ2n) is 6.96.